The molecule has 1 heterocycles. The molecule has 1 aromatic heterocycles. The third-order valence-electron chi connectivity index (χ3n) is 1.99. The Balaban J connectivity index is 2.52. The van der Waals surface area contributed by atoms with Gasteiger partial charge < -0.3 is 15.4 Å². The molecule has 0 fully saturated rings. The summed E-state index contributed by atoms with van der Waals surface area (Å²) in [5.74, 6) is 0.155. The number of imidazole rings is 1. The average Bonchev–Trinajstić information content (AvgIpc) is 2.51. The second-order valence-electron chi connectivity index (χ2n) is 3.17. The smallest absolute Gasteiger partial charge is 0.141 e. The molecule has 1 aromatic carbocycles. The molecule has 0 amide bonds. The number of aromatic hydroxyl groups is 1. The lowest BCUT2D eigenvalue weighted by Gasteiger charge is -2.05. The zero-order valence-electron chi connectivity index (χ0n) is 7.81. The first kappa shape index (κ1) is 8.62. The summed E-state index contributed by atoms with van der Waals surface area (Å²) < 4.78 is 1.75. The van der Waals surface area contributed by atoms with Gasteiger partial charge in [0.1, 0.15) is 5.75 Å². The minimum atomic E-state index is 0.155. The molecule has 0 saturated carbocycles. The number of nitrogen functional groups attached to an aromatic ring is 1. The van der Waals surface area contributed by atoms with Crippen LogP contribution in [0, 0.1) is 6.92 Å². The summed E-state index contributed by atoms with van der Waals surface area (Å²) in [4.78, 5) is 4.08. The third kappa shape index (κ3) is 1.42. The fourth-order valence-corrected chi connectivity index (χ4v) is 1.31. The van der Waals surface area contributed by atoms with Gasteiger partial charge in [-0.25, -0.2) is 4.98 Å². The summed E-state index contributed by atoms with van der Waals surface area (Å²) in [5, 5.41) is 9.63. The van der Waals surface area contributed by atoms with Crippen molar-refractivity contribution in [3.8, 4) is 11.4 Å². The number of nitrogens with two attached hydrogens (primary N) is 1. The molecule has 14 heavy (non-hydrogen) atoms. The molecule has 4 heteroatoms. The van der Waals surface area contributed by atoms with Crippen LogP contribution in [0.25, 0.3) is 5.69 Å². The van der Waals surface area contributed by atoms with Crippen LogP contribution in [0.1, 0.15) is 5.69 Å². The van der Waals surface area contributed by atoms with Gasteiger partial charge in [-0.05, 0) is 19.1 Å². The van der Waals surface area contributed by atoms with E-state index in [1.807, 2.05) is 13.1 Å². The minimum absolute atomic E-state index is 0.155. The molecule has 0 aliphatic heterocycles. The van der Waals surface area contributed by atoms with E-state index in [1.165, 1.54) is 6.07 Å². The van der Waals surface area contributed by atoms with Crippen LogP contribution in [0.15, 0.2) is 30.7 Å². The van der Waals surface area contributed by atoms with Crippen LogP contribution < -0.4 is 5.73 Å². The van der Waals surface area contributed by atoms with E-state index in [9.17, 15) is 5.11 Å². The number of phenols is 1. The van der Waals surface area contributed by atoms with Crippen LogP contribution in [0.5, 0.6) is 5.75 Å². The van der Waals surface area contributed by atoms with Crippen LogP contribution in [0.3, 0.4) is 0 Å². The summed E-state index contributed by atoms with van der Waals surface area (Å²) >= 11 is 0. The maximum atomic E-state index is 9.63. The Morgan fingerprint density at radius 2 is 2.21 bits per heavy atom. The maximum Gasteiger partial charge on any atom is 0.141 e. The zero-order chi connectivity index (χ0) is 10.1. The Morgan fingerprint density at radius 1 is 1.43 bits per heavy atom. The number of benzene rings is 1. The van der Waals surface area contributed by atoms with Gasteiger partial charge in [0.15, 0.2) is 0 Å². The van der Waals surface area contributed by atoms with Crippen LogP contribution in [0.4, 0.5) is 5.69 Å². The highest BCUT2D eigenvalue weighted by Gasteiger charge is 2.03. The summed E-state index contributed by atoms with van der Waals surface area (Å²) in [5.41, 5.74) is 7.65. The van der Waals surface area contributed by atoms with Crippen molar-refractivity contribution in [3.05, 3.63) is 36.4 Å². The van der Waals surface area contributed by atoms with Crippen molar-refractivity contribution in [2.45, 2.75) is 6.92 Å². The fraction of sp³-hybridized carbons (Fsp3) is 0.100. The van der Waals surface area contributed by atoms with Crippen molar-refractivity contribution in [3.63, 3.8) is 0 Å². The van der Waals surface area contributed by atoms with E-state index in [4.69, 9.17) is 5.73 Å². The van der Waals surface area contributed by atoms with E-state index in [-0.39, 0.29) is 5.75 Å². The highest BCUT2D eigenvalue weighted by Crippen LogP contribution is 2.23. The topological polar surface area (TPSA) is 64.1 Å². The maximum absolute atomic E-state index is 9.63. The van der Waals surface area contributed by atoms with E-state index in [1.54, 1.807) is 23.0 Å². The lowest BCUT2D eigenvalue weighted by atomic mass is 10.2. The summed E-state index contributed by atoms with van der Waals surface area (Å²) in [6.45, 7) is 1.89. The van der Waals surface area contributed by atoms with Gasteiger partial charge in [0.25, 0.3) is 0 Å². The Hall–Kier alpha value is -1.97. The molecule has 0 atom stereocenters. The molecule has 0 aliphatic rings. The minimum Gasteiger partial charge on any atom is -0.506 e. The van der Waals surface area contributed by atoms with E-state index in [0.29, 0.717) is 11.4 Å². The standard InChI is InChI=1S/C10H11N3O/c1-7-5-13(6-12-7)9-3-2-8(11)4-10(9)14/h2-6,14H,11H2,1H3. The monoisotopic (exact) mass is 189 g/mol. The van der Waals surface area contributed by atoms with Crippen molar-refractivity contribution in [2.24, 2.45) is 0 Å². The number of phenolic OH excluding ortho intramolecular Hbond substituents is 1. The first-order valence-corrected chi connectivity index (χ1v) is 4.26. The van der Waals surface area contributed by atoms with Gasteiger partial charge >= 0.3 is 0 Å². The molecule has 0 saturated heterocycles. The molecule has 4 nitrogen and oxygen atoms in total. The first-order valence-electron chi connectivity index (χ1n) is 4.26. The van der Waals surface area contributed by atoms with Gasteiger partial charge in [-0.2, -0.15) is 0 Å². The highest BCUT2D eigenvalue weighted by molar-refractivity contribution is 5.55. The average molecular weight is 189 g/mol. The molecule has 0 spiro atoms. The summed E-state index contributed by atoms with van der Waals surface area (Å²) in [6.07, 6.45) is 3.49. The molecule has 0 unspecified atom stereocenters. The molecule has 2 aromatic rings. The van der Waals surface area contributed by atoms with E-state index in [0.717, 1.165) is 5.69 Å². The van der Waals surface area contributed by atoms with Crippen molar-refractivity contribution in [1.82, 2.24) is 9.55 Å². The Bertz CT molecular complexity index is 462. The van der Waals surface area contributed by atoms with Gasteiger partial charge in [-0.3, -0.25) is 0 Å². The van der Waals surface area contributed by atoms with E-state index >= 15 is 0 Å². The van der Waals surface area contributed by atoms with E-state index in [2.05, 4.69) is 4.98 Å². The first-order chi connectivity index (χ1) is 6.66. The fourth-order valence-electron chi connectivity index (χ4n) is 1.31. The molecule has 0 bridgehead atoms. The van der Waals surface area contributed by atoms with Gasteiger partial charge in [-0.1, -0.05) is 0 Å². The van der Waals surface area contributed by atoms with Crippen LogP contribution in [0.2, 0.25) is 0 Å². The van der Waals surface area contributed by atoms with Gasteiger partial charge in [-0.15, -0.1) is 0 Å². The van der Waals surface area contributed by atoms with Gasteiger partial charge in [0.2, 0.25) is 0 Å². The second kappa shape index (κ2) is 3.06. The summed E-state index contributed by atoms with van der Waals surface area (Å²) in [7, 11) is 0. The van der Waals surface area contributed by atoms with E-state index < -0.39 is 0 Å². The van der Waals surface area contributed by atoms with Crippen LogP contribution in [-0.2, 0) is 0 Å². The van der Waals surface area contributed by atoms with Crippen molar-refractivity contribution < 1.29 is 5.11 Å². The van der Waals surface area contributed by atoms with Crippen LogP contribution >= 0.6 is 0 Å². The molecule has 0 radical (unpaired) electrons. The molecule has 2 rings (SSSR count). The van der Waals surface area contributed by atoms with Crippen molar-refractivity contribution >= 4 is 5.69 Å². The third-order valence-corrected chi connectivity index (χ3v) is 1.99. The summed E-state index contributed by atoms with van der Waals surface area (Å²) in [6, 6.07) is 5.01. The van der Waals surface area contributed by atoms with Crippen molar-refractivity contribution in [1.29, 1.82) is 0 Å². The normalized spacial score (nSPS) is 10.4. The number of aryl methyl sites for hydroxylation is 1. The quantitative estimate of drug-likeness (QED) is 0.667. The Morgan fingerprint density at radius 3 is 2.79 bits per heavy atom. The Labute approximate surface area is 81.6 Å². The predicted octanol–water partition coefficient (Wildman–Crippen LogP) is 1.47. The number of hydrogen-bond acceptors (Lipinski definition) is 3. The number of nitrogens with zero attached hydrogens (tertiary/aromatic N) is 2. The van der Waals surface area contributed by atoms with Gasteiger partial charge in [0.05, 0.1) is 17.7 Å². The number of rotatable bonds is 1. The SMILES string of the molecule is Cc1cn(-c2ccc(N)cc2O)cn1. The molecular formula is C10H11N3O. The predicted molar refractivity (Wildman–Crippen MR) is 54.4 cm³/mol. The lowest BCUT2D eigenvalue weighted by Crippen LogP contribution is -1.92. The number of aromatic nitrogens is 2. The molecular weight excluding hydrogens is 178 g/mol. The molecule has 72 valence electrons. The second-order valence-corrected chi connectivity index (χ2v) is 3.17. The number of anilines is 1. The lowest BCUT2D eigenvalue weighted by molar-refractivity contribution is 0.472. The Kier molecular flexibility index (Phi) is 1.89. The number of hydrogen-bond donors (Lipinski definition) is 2. The molecule has 0 aliphatic carbocycles. The highest BCUT2D eigenvalue weighted by atomic mass is 16.3. The zero-order valence-corrected chi connectivity index (χ0v) is 7.81. The largest absolute Gasteiger partial charge is 0.506 e. The molecule has 3 N–H and O–H groups in total. The van der Waals surface area contributed by atoms with Gasteiger partial charge in [0, 0.05) is 18.0 Å². The van der Waals surface area contributed by atoms with Crippen LogP contribution in [-0.4, -0.2) is 14.7 Å². The van der Waals surface area contributed by atoms with Crippen molar-refractivity contribution in [2.75, 3.05) is 5.73 Å².